The van der Waals surface area contributed by atoms with Crippen LogP contribution in [-0.2, 0) is 9.59 Å². The second-order valence-electron chi connectivity index (χ2n) is 4.71. The molecule has 0 heterocycles. The van der Waals surface area contributed by atoms with Crippen LogP contribution in [0.5, 0.6) is 0 Å². The van der Waals surface area contributed by atoms with Crippen molar-refractivity contribution in [2.75, 3.05) is 13.6 Å². The molecule has 0 saturated carbocycles. The van der Waals surface area contributed by atoms with E-state index in [1.165, 1.54) is 0 Å². The molecule has 17 heavy (non-hydrogen) atoms. The molecule has 2 atom stereocenters. The maximum Gasteiger partial charge on any atom is 0.308 e. The quantitative estimate of drug-likeness (QED) is 0.712. The molecular weight excluding hydrogens is 218 g/mol. The van der Waals surface area contributed by atoms with Gasteiger partial charge in [-0.25, -0.2) is 0 Å². The summed E-state index contributed by atoms with van der Waals surface area (Å²) < 4.78 is 0. The fourth-order valence-corrected chi connectivity index (χ4v) is 1.84. The van der Waals surface area contributed by atoms with E-state index in [0.29, 0.717) is 0 Å². The number of rotatable bonds is 8. The first-order valence-electron chi connectivity index (χ1n) is 6.41. The Labute approximate surface area is 104 Å². The van der Waals surface area contributed by atoms with E-state index in [-0.39, 0.29) is 18.4 Å². The van der Waals surface area contributed by atoms with E-state index in [1.807, 2.05) is 6.92 Å². The number of carboxylic acid groups (broad SMARTS) is 1. The van der Waals surface area contributed by atoms with Gasteiger partial charge in [0.2, 0.25) is 5.91 Å². The van der Waals surface area contributed by atoms with Gasteiger partial charge in [-0.1, -0.05) is 33.6 Å². The summed E-state index contributed by atoms with van der Waals surface area (Å²) in [7, 11) is 1.69. The van der Waals surface area contributed by atoms with Gasteiger partial charge in [-0.2, -0.15) is 0 Å². The van der Waals surface area contributed by atoms with Crippen LogP contribution in [0.1, 0.15) is 46.5 Å². The third-order valence-corrected chi connectivity index (χ3v) is 3.09. The van der Waals surface area contributed by atoms with Crippen LogP contribution < -0.4 is 0 Å². The fraction of sp³-hybridized carbons (Fsp3) is 0.846. The van der Waals surface area contributed by atoms with E-state index < -0.39 is 11.9 Å². The number of nitrogens with zero attached hydrogens (tertiary/aromatic N) is 1. The van der Waals surface area contributed by atoms with E-state index in [1.54, 1.807) is 18.9 Å². The van der Waals surface area contributed by atoms with Gasteiger partial charge in [0.05, 0.1) is 5.92 Å². The van der Waals surface area contributed by atoms with Crippen molar-refractivity contribution in [3.05, 3.63) is 0 Å². The molecule has 1 amide bonds. The normalized spacial score (nSPS) is 14.1. The average molecular weight is 243 g/mol. The first kappa shape index (κ1) is 15.9. The maximum absolute atomic E-state index is 12.1. The van der Waals surface area contributed by atoms with Crippen LogP contribution in [0.3, 0.4) is 0 Å². The van der Waals surface area contributed by atoms with Gasteiger partial charge in [0.25, 0.3) is 0 Å². The molecule has 1 N–H and O–H groups in total. The lowest BCUT2D eigenvalue weighted by atomic mass is 9.97. The van der Waals surface area contributed by atoms with Crippen LogP contribution in [0.4, 0.5) is 0 Å². The summed E-state index contributed by atoms with van der Waals surface area (Å²) in [6.07, 6.45) is 3.86. The van der Waals surface area contributed by atoms with E-state index in [9.17, 15) is 9.59 Å². The van der Waals surface area contributed by atoms with Crippen molar-refractivity contribution in [2.45, 2.75) is 46.5 Å². The summed E-state index contributed by atoms with van der Waals surface area (Å²) in [5.74, 6) is -1.24. The second-order valence-corrected chi connectivity index (χ2v) is 4.71. The molecule has 0 aliphatic rings. The van der Waals surface area contributed by atoms with Gasteiger partial charge in [-0.3, -0.25) is 9.59 Å². The molecule has 100 valence electrons. The Morgan fingerprint density at radius 1 is 1.29 bits per heavy atom. The molecule has 0 fully saturated rings. The summed E-state index contributed by atoms with van der Waals surface area (Å²) in [6.45, 7) is 6.02. The largest absolute Gasteiger partial charge is 0.481 e. The molecular formula is C13H25NO3. The molecule has 2 unspecified atom stereocenters. The first-order valence-corrected chi connectivity index (χ1v) is 6.41. The number of carboxylic acids is 1. The molecule has 0 aliphatic heterocycles. The lowest BCUT2D eigenvalue weighted by molar-refractivity contribution is -0.143. The molecule has 0 aliphatic carbocycles. The van der Waals surface area contributed by atoms with Crippen LogP contribution in [0.2, 0.25) is 0 Å². The van der Waals surface area contributed by atoms with Gasteiger partial charge in [-0.15, -0.1) is 0 Å². The number of carbonyl (C=O) groups excluding carboxylic acids is 1. The summed E-state index contributed by atoms with van der Waals surface area (Å²) in [5, 5.41) is 8.81. The summed E-state index contributed by atoms with van der Waals surface area (Å²) in [4.78, 5) is 24.4. The number of carbonyl (C=O) groups is 2. The number of hydrogen-bond acceptors (Lipinski definition) is 2. The predicted molar refractivity (Wildman–Crippen MR) is 67.7 cm³/mol. The molecule has 0 radical (unpaired) electrons. The maximum atomic E-state index is 12.1. The van der Waals surface area contributed by atoms with E-state index in [4.69, 9.17) is 5.11 Å². The Balaban J connectivity index is 4.30. The average Bonchev–Trinajstić information content (AvgIpc) is 2.29. The summed E-state index contributed by atoms with van der Waals surface area (Å²) in [5.41, 5.74) is 0. The molecule has 0 bridgehead atoms. The predicted octanol–water partition coefficient (Wildman–Crippen LogP) is 2.38. The molecule has 0 saturated heterocycles. The Morgan fingerprint density at radius 2 is 1.88 bits per heavy atom. The topological polar surface area (TPSA) is 57.6 Å². The standard InChI is InChI=1S/C13H25NO3/c1-5-7-8-11(6-2)12(15)14(4)9-10(3)13(16)17/h10-11H,5-9H2,1-4H3,(H,16,17). The number of unbranched alkanes of at least 4 members (excludes halogenated alkanes) is 1. The van der Waals surface area contributed by atoms with Gasteiger partial charge in [0.1, 0.15) is 0 Å². The Kier molecular flexibility index (Phi) is 7.59. The smallest absolute Gasteiger partial charge is 0.308 e. The van der Waals surface area contributed by atoms with Gasteiger partial charge in [0.15, 0.2) is 0 Å². The van der Waals surface area contributed by atoms with Crippen molar-refractivity contribution in [3.8, 4) is 0 Å². The van der Waals surface area contributed by atoms with Gasteiger partial charge >= 0.3 is 5.97 Å². The molecule has 0 aromatic rings. The summed E-state index contributed by atoms with van der Waals surface area (Å²) >= 11 is 0. The Bertz CT molecular complexity index is 253. The van der Waals surface area contributed by atoms with Crippen LogP contribution in [0, 0.1) is 11.8 Å². The molecule has 0 spiro atoms. The molecule has 0 aromatic heterocycles. The van der Waals surface area contributed by atoms with Crippen molar-refractivity contribution in [1.82, 2.24) is 4.90 Å². The highest BCUT2D eigenvalue weighted by Crippen LogP contribution is 2.16. The minimum absolute atomic E-state index is 0.0425. The second kappa shape index (κ2) is 8.09. The Hall–Kier alpha value is -1.06. The highest BCUT2D eigenvalue weighted by atomic mass is 16.4. The van der Waals surface area contributed by atoms with Gasteiger partial charge < -0.3 is 10.0 Å². The number of hydrogen-bond donors (Lipinski definition) is 1. The van der Waals surface area contributed by atoms with Crippen LogP contribution in [-0.4, -0.2) is 35.5 Å². The number of amides is 1. The zero-order valence-corrected chi connectivity index (χ0v) is 11.4. The SMILES string of the molecule is CCCCC(CC)C(=O)N(C)CC(C)C(=O)O. The molecule has 0 aromatic carbocycles. The molecule has 4 heteroatoms. The minimum Gasteiger partial charge on any atom is -0.481 e. The van der Waals surface area contributed by atoms with E-state index in [2.05, 4.69) is 6.92 Å². The lowest BCUT2D eigenvalue weighted by Gasteiger charge is -2.24. The van der Waals surface area contributed by atoms with Crippen molar-refractivity contribution in [3.63, 3.8) is 0 Å². The lowest BCUT2D eigenvalue weighted by Crippen LogP contribution is -2.37. The summed E-state index contributed by atoms with van der Waals surface area (Å²) in [6, 6.07) is 0. The third kappa shape index (κ3) is 5.71. The van der Waals surface area contributed by atoms with Crippen molar-refractivity contribution >= 4 is 11.9 Å². The Morgan fingerprint density at radius 3 is 2.29 bits per heavy atom. The molecule has 0 rings (SSSR count). The highest BCUT2D eigenvalue weighted by molar-refractivity contribution is 5.79. The van der Waals surface area contributed by atoms with Crippen molar-refractivity contribution < 1.29 is 14.7 Å². The molecule has 4 nitrogen and oxygen atoms in total. The third-order valence-electron chi connectivity index (χ3n) is 3.09. The van der Waals surface area contributed by atoms with Crippen molar-refractivity contribution in [1.29, 1.82) is 0 Å². The first-order chi connectivity index (χ1) is 7.93. The zero-order chi connectivity index (χ0) is 13.4. The minimum atomic E-state index is -0.855. The fourth-order valence-electron chi connectivity index (χ4n) is 1.84. The van der Waals surface area contributed by atoms with Crippen LogP contribution in [0.25, 0.3) is 0 Å². The van der Waals surface area contributed by atoms with E-state index in [0.717, 1.165) is 25.7 Å². The highest BCUT2D eigenvalue weighted by Gasteiger charge is 2.22. The monoisotopic (exact) mass is 243 g/mol. The zero-order valence-electron chi connectivity index (χ0n) is 11.4. The van der Waals surface area contributed by atoms with Crippen molar-refractivity contribution in [2.24, 2.45) is 11.8 Å². The van der Waals surface area contributed by atoms with Gasteiger partial charge in [-0.05, 0) is 12.8 Å². The number of aliphatic carboxylic acids is 1. The van der Waals surface area contributed by atoms with Gasteiger partial charge in [0, 0.05) is 19.5 Å². The van der Waals surface area contributed by atoms with E-state index >= 15 is 0 Å². The van der Waals surface area contributed by atoms with Crippen LogP contribution >= 0.6 is 0 Å². The van der Waals surface area contributed by atoms with Crippen LogP contribution in [0.15, 0.2) is 0 Å².